The van der Waals surface area contributed by atoms with Gasteiger partial charge in [0, 0.05) is 13.0 Å². The number of hydrogen-bond acceptors (Lipinski definition) is 2. The molecule has 0 rings (SSSR count). The topological polar surface area (TPSA) is 41.1 Å². The molecule has 0 aromatic heterocycles. The van der Waals surface area contributed by atoms with Crippen LogP contribution >= 0.6 is 0 Å². The summed E-state index contributed by atoms with van der Waals surface area (Å²) in [5.41, 5.74) is 0. The maximum absolute atomic E-state index is 11.2. The van der Waals surface area contributed by atoms with Gasteiger partial charge in [0.1, 0.15) is 0 Å². The highest BCUT2D eigenvalue weighted by Gasteiger charge is 2.09. The fourth-order valence-corrected chi connectivity index (χ4v) is 0.745. The van der Waals surface area contributed by atoms with Gasteiger partial charge in [0.05, 0.1) is 12.6 Å². The summed E-state index contributed by atoms with van der Waals surface area (Å²) in [5, 5.41) is 5.54. The Morgan fingerprint density at radius 3 is 2.69 bits per heavy atom. The Labute approximate surface area is 79.3 Å². The van der Waals surface area contributed by atoms with Gasteiger partial charge in [0.25, 0.3) is 0 Å². The third-order valence-electron chi connectivity index (χ3n) is 1.48. The first kappa shape index (κ1) is 11.6. The van der Waals surface area contributed by atoms with E-state index in [-0.39, 0.29) is 18.5 Å². The number of rotatable bonds is 5. The number of carbonyl (C=O) groups is 1. The normalized spacial score (nSPS) is 11.0. The van der Waals surface area contributed by atoms with E-state index in [9.17, 15) is 4.79 Å². The first-order valence-corrected chi connectivity index (χ1v) is 4.10. The standard InChI is InChI=1S/C10H14N2O/c1-4-6-8-11-9(3)10(13)12-7-5-2/h1-2,9,11H,6-8H2,3H3,(H,12,13). The predicted octanol–water partition coefficient (Wildman–Crippen LogP) is -0.263. The van der Waals surface area contributed by atoms with Crippen LogP contribution in [0.4, 0.5) is 0 Å². The quantitative estimate of drug-likeness (QED) is 0.450. The molecule has 0 radical (unpaired) electrons. The Hall–Kier alpha value is -1.45. The van der Waals surface area contributed by atoms with Crippen LogP contribution in [0.5, 0.6) is 0 Å². The van der Waals surface area contributed by atoms with E-state index in [4.69, 9.17) is 12.8 Å². The first-order valence-electron chi connectivity index (χ1n) is 4.10. The lowest BCUT2D eigenvalue weighted by atomic mass is 10.3. The Balaban J connectivity index is 3.59. The second kappa shape index (κ2) is 7.21. The first-order chi connectivity index (χ1) is 6.22. The molecule has 1 amide bonds. The van der Waals surface area contributed by atoms with Crippen molar-refractivity contribution in [1.82, 2.24) is 10.6 Å². The van der Waals surface area contributed by atoms with Crippen LogP contribution in [-0.4, -0.2) is 25.0 Å². The van der Waals surface area contributed by atoms with E-state index in [2.05, 4.69) is 22.5 Å². The lowest BCUT2D eigenvalue weighted by Gasteiger charge is -2.11. The van der Waals surface area contributed by atoms with Gasteiger partial charge in [-0.1, -0.05) is 5.92 Å². The van der Waals surface area contributed by atoms with Crippen molar-refractivity contribution in [1.29, 1.82) is 0 Å². The highest BCUT2D eigenvalue weighted by atomic mass is 16.2. The van der Waals surface area contributed by atoms with E-state index < -0.39 is 0 Å². The summed E-state index contributed by atoms with van der Waals surface area (Å²) in [5.74, 6) is 4.71. The van der Waals surface area contributed by atoms with Crippen molar-refractivity contribution < 1.29 is 4.79 Å². The van der Waals surface area contributed by atoms with Crippen LogP contribution < -0.4 is 10.6 Å². The van der Waals surface area contributed by atoms with Crippen molar-refractivity contribution in [3.05, 3.63) is 0 Å². The molecule has 1 unspecified atom stereocenters. The molecular weight excluding hydrogens is 164 g/mol. The lowest BCUT2D eigenvalue weighted by Crippen LogP contribution is -2.42. The number of nitrogens with one attached hydrogen (secondary N) is 2. The second-order valence-corrected chi connectivity index (χ2v) is 2.55. The van der Waals surface area contributed by atoms with E-state index in [1.165, 1.54) is 0 Å². The zero-order valence-electron chi connectivity index (χ0n) is 7.76. The minimum absolute atomic E-state index is 0.102. The third kappa shape index (κ3) is 5.78. The molecule has 1 atom stereocenters. The average molecular weight is 178 g/mol. The molecule has 0 bridgehead atoms. The average Bonchev–Trinajstić information content (AvgIpc) is 2.14. The number of terminal acetylenes is 2. The maximum Gasteiger partial charge on any atom is 0.237 e. The predicted molar refractivity (Wildman–Crippen MR) is 52.8 cm³/mol. The summed E-state index contributed by atoms with van der Waals surface area (Å²) in [6.45, 7) is 2.67. The fourth-order valence-electron chi connectivity index (χ4n) is 0.745. The van der Waals surface area contributed by atoms with Crippen molar-refractivity contribution in [2.75, 3.05) is 13.1 Å². The van der Waals surface area contributed by atoms with Crippen LogP contribution in [-0.2, 0) is 4.79 Å². The lowest BCUT2D eigenvalue weighted by molar-refractivity contribution is -0.122. The Morgan fingerprint density at radius 1 is 1.46 bits per heavy atom. The summed E-state index contributed by atoms with van der Waals surface area (Å²) >= 11 is 0. The molecular formula is C10H14N2O. The van der Waals surface area contributed by atoms with Gasteiger partial charge in [-0.3, -0.25) is 4.79 Å². The van der Waals surface area contributed by atoms with Crippen molar-refractivity contribution in [2.45, 2.75) is 19.4 Å². The second-order valence-electron chi connectivity index (χ2n) is 2.55. The van der Waals surface area contributed by atoms with Gasteiger partial charge >= 0.3 is 0 Å². The van der Waals surface area contributed by atoms with E-state index in [0.717, 1.165) is 0 Å². The van der Waals surface area contributed by atoms with E-state index >= 15 is 0 Å². The van der Waals surface area contributed by atoms with Gasteiger partial charge in [0.2, 0.25) is 5.91 Å². The van der Waals surface area contributed by atoms with Gasteiger partial charge in [0.15, 0.2) is 0 Å². The molecule has 0 aromatic rings. The number of carbonyl (C=O) groups excluding carboxylic acids is 1. The smallest absolute Gasteiger partial charge is 0.237 e. The molecule has 2 N–H and O–H groups in total. The highest BCUT2D eigenvalue weighted by Crippen LogP contribution is 1.82. The molecule has 0 aromatic carbocycles. The van der Waals surface area contributed by atoms with Crippen LogP contribution in [0.25, 0.3) is 0 Å². The highest BCUT2D eigenvalue weighted by molar-refractivity contribution is 5.81. The van der Waals surface area contributed by atoms with Gasteiger partial charge in [-0.05, 0) is 6.92 Å². The molecule has 0 aliphatic heterocycles. The largest absolute Gasteiger partial charge is 0.344 e. The van der Waals surface area contributed by atoms with Gasteiger partial charge in [-0.15, -0.1) is 18.8 Å². The summed E-state index contributed by atoms with van der Waals surface area (Å²) < 4.78 is 0. The summed E-state index contributed by atoms with van der Waals surface area (Å²) in [6, 6.07) is -0.248. The minimum atomic E-state index is -0.248. The van der Waals surface area contributed by atoms with E-state index in [1.807, 2.05) is 0 Å². The van der Waals surface area contributed by atoms with Crippen LogP contribution in [0.1, 0.15) is 13.3 Å². The molecule has 0 aliphatic carbocycles. The SMILES string of the molecule is C#CCCNC(C)C(=O)NCC#C. The molecule has 3 nitrogen and oxygen atoms in total. The Bertz CT molecular complexity index is 234. The summed E-state index contributed by atoms with van der Waals surface area (Å²) in [6.07, 6.45) is 10.7. The van der Waals surface area contributed by atoms with Crippen molar-refractivity contribution >= 4 is 5.91 Å². The fraction of sp³-hybridized carbons (Fsp3) is 0.500. The van der Waals surface area contributed by atoms with Crippen LogP contribution in [0.2, 0.25) is 0 Å². The molecule has 0 fully saturated rings. The molecule has 3 heteroatoms. The molecule has 0 heterocycles. The minimum Gasteiger partial charge on any atom is -0.344 e. The van der Waals surface area contributed by atoms with Gasteiger partial charge < -0.3 is 10.6 Å². The molecule has 13 heavy (non-hydrogen) atoms. The maximum atomic E-state index is 11.2. The van der Waals surface area contributed by atoms with Gasteiger partial charge in [-0.25, -0.2) is 0 Å². The van der Waals surface area contributed by atoms with Crippen molar-refractivity contribution in [2.24, 2.45) is 0 Å². The Morgan fingerprint density at radius 2 is 2.15 bits per heavy atom. The van der Waals surface area contributed by atoms with E-state index in [0.29, 0.717) is 13.0 Å². The Kier molecular flexibility index (Phi) is 6.41. The van der Waals surface area contributed by atoms with Crippen molar-refractivity contribution in [3.8, 4) is 24.7 Å². The monoisotopic (exact) mass is 178 g/mol. The zero-order chi connectivity index (χ0) is 10.1. The van der Waals surface area contributed by atoms with Crippen LogP contribution in [0, 0.1) is 24.7 Å². The molecule has 0 saturated heterocycles. The number of amides is 1. The van der Waals surface area contributed by atoms with Gasteiger partial charge in [-0.2, -0.15) is 0 Å². The van der Waals surface area contributed by atoms with E-state index in [1.54, 1.807) is 6.92 Å². The van der Waals surface area contributed by atoms with Crippen LogP contribution in [0.3, 0.4) is 0 Å². The number of hydrogen-bond donors (Lipinski definition) is 2. The zero-order valence-corrected chi connectivity index (χ0v) is 7.76. The summed E-state index contributed by atoms with van der Waals surface area (Å²) in [4.78, 5) is 11.2. The van der Waals surface area contributed by atoms with Crippen LogP contribution in [0.15, 0.2) is 0 Å². The summed E-state index contributed by atoms with van der Waals surface area (Å²) in [7, 11) is 0. The molecule has 0 aliphatic rings. The third-order valence-corrected chi connectivity index (χ3v) is 1.48. The van der Waals surface area contributed by atoms with Crippen molar-refractivity contribution in [3.63, 3.8) is 0 Å². The molecule has 0 saturated carbocycles. The molecule has 0 spiro atoms. The molecule has 70 valence electrons.